The molecule has 0 spiro atoms. The van der Waals surface area contributed by atoms with Gasteiger partial charge in [-0.25, -0.2) is 9.59 Å². The zero-order valence-corrected chi connectivity index (χ0v) is 29.7. The normalized spacial score (nSPS) is 15.0. The van der Waals surface area contributed by atoms with E-state index in [1.54, 1.807) is 50.4 Å². The molecule has 0 unspecified atom stereocenters. The van der Waals surface area contributed by atoms with Crippen molar-refractivity contribution in [1.82, 2.24) is 16.1 Å². The number of halogens is 2. The number of allylic oxidation sites excluding steroid dienone is 1. The molecule has 0 fully saturated rings. The van der Waals surface area contributed by atoms with Gasteiger partial charge in [-0.2, -0.15) is 5.10 Å². The first-order valence-electron chi connectivity index (χ1n) is 14.1. The second kappa shape index (κ2) is 16.6. The molecule has 0 aromatic heterocycles. The second-order valence-corrected chi connectivity index (χ2v) is 12.3. The number of non-ortho nitro benzene ring substituents is 1. The van der Waals surface area contributed by atoms with Crippen molar-refractivity contribution in [3.05, 3.63) is 99.8 Å². The van der Waals surface area contributed by atoms with Crippen LogP contribution in [0.4, 0.5) is 10.5 Å². The highest BCUT2D eigenvalue weighted by Gasteiger charge is 2.32. The number of benzene rings is 3. The maximum atomic E-state index is 12.5. The number of nitro groups is 1. The summed E-state index contributed by atoms with van der Waals surface area (Å²) in [6.45, 7) is 3.73. The van der Waals surface area contributed by atoms with Crippen LogP contribution >= 0.6 is 45.2 Å². The smallest absolute Gasteiger partial charge is 0.337 e. The van der Waals surface area contributed by atoms with Gasteiger partial charge in [0.1, 0.15) is 19.0 Å². The van der Waals surface area contributed by atoms with Crippen molar-refractivity contribution in [1.29, 1.82) is 0 Å². The van der Waals surface area contributed by atoms with E-state index in [1.807, 2.05) is 12.1 Å². The van der Waals surface area contributed by atoms with Gasteiger partial charge in [0, 0.05) is 17.8 Å². The predicted octanol–water partition coefficient (Wildman–Crippen LogP) is 4.90. The van der Waals surface area contributed by atoms with E-state index in [-0.39, 0.29) is 24.5 Å². The minimum absolute atomic E-state index is 0.00183. The lowest BCUT2D eigenvalue weighted by Crippen LogP contribution is -2.45. The third-order valence-corrected chi connectivity index (χ3v) is 8.24. The highest BCUT2D eigenvalue weighted by Crippen LogP contribution is 2.35. The van der Waals surface area contributed by atoms with Gasteiger partial charge >= 0.3 is 12.0 Å². The summed E-state index contributed by atoms with van der Waals surface area (Å²) in [6, 6.07) is 13.7. The minimum atomic E-state index is -1.17. The summed E-state index contributed by atoms with van der Waals surface area (Å²) in [5.41, 5.74) is 5.26. The molecule has 4 rings (SSSR count). The molecule has 2 atom stereocenters. The number of rotatable bonds is 14. The van der Waals surface area contributed by atoms with Crippen molar-refractivity contribution in [2.24, 2.45) is 5.10 Å². The number of urea groups is 1. The maximum Gasteiger partial charge on any atom is 0.337 e. The van der Waals surface area contributed by atoms with Gasteiger partial charge < -0.3 is 34.7 Å². The van der Waals surface area contributed by atoms with Gasteiger partial charge in [0.05, 0.1) is 43.6 Å². The molecule has 248 valence electrons. The van der Waals surface area contributed by atoms with Crippen LogP contribution in [-0.4, -0.2) is 54.8 Å². The van der Waals surface area contributed by atoms with E-state index in [0.29, 0.717) is 40.7 Å². The van der Waals surface area contributed by atoms with Crippen molar-refractivity contribution < 1.29 is 38.6 Å². The Labute approximate surface area is 297 Å². The fourth-order valence-electron chi connectivity index (χ4n) is 4.53. The lowest BCUT2D eigenvalue weighted by atomic mass is 9.95. The molecule has 1 aliphatic rings. The summed E-state index contributed by atoms with van der Waals surface area (Å²) in [5, 5.41) is 30.9. The molecule has 0 saturated carbocycles. The Balaban J connectivity index is 1.37. The zero-order valence-electron chi connectivity index (χ0n) is 25.4. The molecule has 14 nitrogen and oxygen atoms in total. The molecule has 16 heteroatoms. The number of nitrogens with zero attached hydrogens (tertiary/aromatic N) is 2. The summed E-state index contributed by atoms with van der Waals surface area (Å²) >= 11 is 4.28. The van der Waals surface area contributed by atoms with Gasteiger partial charge in [-0.1, -0.05) is 18.2 Å². The third-order valence-electron chi connectivity index (χ3n) is 6.63. The standard InChI is InChI=1S/C31H31I2N5O9/c1-4-45-25-13-20(28-27(30(40)44-3)17(2)35-31(41)36-28)8-9-24(25)46-16-26(39)37-34-14-19-11-22(32)29(23(33)12-19)47-15-18-6-5-7-21(10-18)38(42)43/h5-14,26,28,37,39H,4,15-16H2,1-3H3,(H2,35,36,41)/b34-14-/t26-,28-/m1/s1. The number of aliphatic hydroxyl groups excluding tert-OH is 1. The Morgan fingerprint density at radius 1 is 1.13 bits per heavy atom. The number of carbonyl (C=O) groups excluding carboxylic acids is 2. The zero-order chi connectivity index (χ0) is 34.1. The third kappa shape index (κ3) is 9.44. The van der Waals surface area contributed by atoms with Crippen LogP contribution in [0.15, 0.2) is 71.0 Å². The fourth-order valence-corrected chi connectivity index (χ4v) is 6.65. The summed E-state index contributed by atoms with van der Waals surface area (Å²) in [4.78, 5) is 35.2. The molecule has 0 radical (unpaired) electrons. The minimum Gasteiger partial charge on any atom is -0.490 e. The van der Waals surface area contributed by atoms with Gasteiger partial charge in [0.25, 0.3) is 5.69 Å². The predicted molar refractivity (Wildman–Crippen MR) is 188 cm³/mol. The number of ether oxygens (including phenoxy) is 4. The molecular weight excluding hydrogens is 840 g/mol. The van der Waals surface area contributed by atoms with Crippen LogP contribution in [0, 0.1) is 17.3 Å². The number of esters is 1. The fraction of sp³-hybridized carbons (Fsp3) is 0.258. The van der Waals surface area contributed by atoms with E-state index in [9.17, 15) is 24.8 Å². The molecule has 1 heterocycles. The molecule has 2 amide bonds. The summed E-state index contributed by atoms with van der Waals surface area (Å²) in [6.07, 6.45) is 0.372. The Morgan fingerprint density at radius 3 is 2.55 bits per heavy atom. The van der Waals surface area contributed by atoms with Gasteiger partial charge in [0.15, 0.2) is 17.7 Å². The van der Waals surface area contributed by atoms with E-state index >= 15 is 0 Å². The quantitative estimate of drug-likeness (QED) is 0.0434. The summed E-state index contributed by atoms with van der Waals surface area (Å²) in [7, 11) is 1.27. The van der Waals surface area contributed by atoms with Crippen LogP contribution in [0.3, 0.4) is 0 Å². The number of hydrogen-bond acceptors (Lipinski definition) is 11. The molecular formula is C31H31I2N5O9. The van der Waals surface area contributed by atoms with E-state index in [0.717, 1.165) is 12.7 Å². The van der Waals surface area contributed by atoms with Crippen molar-refractivity contribution in [3.63, 3.8) is 0 Å². The monoisotopic (exact) mass is 871 g/mol. The maximum absolute atomic E-state index is 12.5. The number of amides is 2. The highest BCUT2D eigenvalue weighted by atomic mass is 127. The average molecular weight is 871 g/mol. The van der Waals surface area contributed by atoms with E-state index < -0.39 is 29.2 Å². The molecule has 0 aliphatic carbocycles. The average Bonchev–Trinajstić information content (AvgIpc) is 3.03. The number of aliphatic hydroxyl groups is 1. The van der Waals surface area contributed by atoms with Crippen molar-refractivity contribution >= 4 is 69.1 Å². The van der Waals surface area contributed by atoms with E-state index in [1.165, 1.54) is 19.2 Å². The van der Waals surface area contributed by atoms with Crippen molar-refractivity contribution in [2.75, 3.05) is 20.3 Å². The first-order chi connectivity index (χ1) is 22.5. The summed E-state index contributed by atoms with van der Waals surface area (Å²) < 4.78 is 24.0. The number of carbonyl (C=O) groups is 2. The number of hydrazone groups is 1. The van der Waals surface area contributed by atoms with Gasteiger partial charge in [-0.05, 0) is 100.0 Å². The Hall–Kier alpha value is -4.17. The van der Waals surface area contributed by atoms with Crippen molar-refractivity contribution in [3.8, 4) is 17.2 Å². The van der Waals surface area contributed by atoms with Gasteiger partial charge in [0.2, 0.25) is 0 Å². The molecule has 0 saturated heterocycles. The first-order valence-corrected chi connectivity index (χ1v) is 16.2. The summed E-state index contributed by atoms with van der Waals surface area (Å²) in [5.74, 6) is 0.751. The largest absolute Gasteiger partial charge is 0.490 e. The number of nitro benzene ring substituents is 1. The van der Waals surface area contributed by atoms with Crippen molar-refractivity contribution in [2.45, 2.75) is 32.7 Å². The number of methoxy groups -OCH3 is 1. The Bertz CT molecular complexity index is 1690. The van der Waals surface area contributed by atoms with E-state index in [4.69, 9.17) is 18.9 Å². The first kappa shape index (κ1) is 35.7. The highest BCUT2D eigenvalue weighted by molar-refractivity contribution is 14.1. The van der Waals surface area contributed by atoms with Crippen LogP contribution < -0.4 is 30.3 Å². The lowest BCUT2D eigenvalue weighted by molar-refractivity contribution is -0.384. The SMILES string of the molecule is CCOc1cc([C@H]2NC(=O)NC(C)=C2C(=O)OC)ccc1OC[C@@H](O)N/N=C\c1cc(I)c(OCc2cccc([N+](=O)[O-])c2)c(I)c1. The van der Waals surface area contributed by atoms with Gasteiger partial charge in [-0.15, -0.1) is 0 Å². The van der Waals surface area contributed by atoms with Crippen LogP contribution in [0.5, 0.6) is 17.2 Å². The van der Waals surface area contributed by atoms with Crippen LogP contribution in [0.2, 0.25) is 0 Å². The molecule has 3 aromatic rings. The van der Waals surface area contributed by atoms with E-state index in [2.05, 4.69) is 66.3 Å². The molecule has 4 N–H and O–H groups in total. The number of hydrogen-bond donors (Lipinski definition) is 4. The topological polar surface area (TPSA) is 183 Å². The van der Waals surface area contributed by atoms with Crippen LogP contribution in [0.25, 0.3) is 0 Å². The molecule has 1 aliphatic heterocycles. The molecule has 3 aromatic carbocycles. The lowest BCUT2D eigenvalue weighted by Gasteiger charge is -2.28. The Kier molecular flexibility index (Phi) is 12.6. The van der Waals surface area contributed by atoms with Crippen LogP contribution in [0.1, 0.15) is 36.6 Å². The molecule has 47 heavy (non-hydrogen) atoms. The number of nitrogens with one attached hydrogen (secondary N) is 3. The second-order valence-electron chi connectivity index (χ2n) is 9.94. The van der Waals surface area contributed by atoms with Gasteiger partial charge in [-0.3, -0.25) is 15.5 Å². The molecule has 0 bridgehead atoms. The Morgan fingerprint density at radius 2 is 1.87 bits per heavy atom. The van der Waals surface area contributed by atoms with Crippen LogP contribution in [-0.2, 0) is 16.1 Å².